The summed E-state index contributed by atoms with van der Waals surface area (Å²) < 4.78 is 0. The summed E-state index contributed by atoms with van der Waals surface area (Å²) >= 11 is 0. The highest BCUT2D eigenvalue weighted by Crippen LogP contribution is 2.11. The standard InChI is InChI=1S/C9H11NO4/c10-14-8(9(12)13)5-6-1-3-7(11)4-2-6/h1-4,8,11H,5,10H2,(H,12,13). The highest BCUT2D eigenvalue weighted by Gasteiger charge is 2.17. The Morgan fingerprint density at radius 1 is 1.43 bits per heavy atom. The Morgan fingerprint density at radius 2 is 2.00 bits per heavy atom. The van der Waals surface area contributed by atoms with Crippen LogP contribution in [-0.4, -0.2) is 22.3 Å². The average Bonchev–Trinajstić information content (AvgIpc) is 2.16. The van der Waals surface area contributed by atoms with Crippen molar-refractivity contribution in [3.63, 3.8) is 0 Å². The summed E-state index contributed by atoms with van der Waals surface area (Å²) in [4.78, 5) is 14.8. The molecule has 0 saturated carbocycles. The fourth-order valence-corrected chi connectivity index (χ4v) is 1.04. The molecule has 1 unspecified atom stereocenters. The third kappa shape index (κ3) is 2.72. The Hall–Kier alpha value is -1.59. The maximum Gasteiger partial charge on any atom is 0.335 e. The number of carbonyl (C=O) groups is 1. The topological polar surface area (TPSA) is 92.8 Å². The van der Waals surface area contributed by atoms with E-state index < -0.39 is 12.1 Å². The summed E-state index contributed by atoms with van der Waals surface area (Å²) in [6.45, 7) is 0. The number of benzene rings is 1. The molecule has 0 aliphatic heterocycles. The number of carboxylic acids is 1. The number of aromatic hydroxyl groups is 1. The molecule has 0 aromatic heterocycles. The predicted molar refractivity (Wildman–Crippen MR) is 48.5 cm³/mol. The van der Waals surface area contributed by atoms with E-state index in [9.17, 15) is 4.79 Å². The molecule has 0 radical (unpaired) electrons. The lowest BCUT2D eigenvalue weighted by molar-refractivity contribution is -0.150. The van der Waals surface area contributed by atoms with E-state index in [4.69, 9.17) is 16.1 Å². The molecule has 0 spiro atoms. The number of hydrogen-bond donors (Lipinski definition) is 3. The second kappa shape index (κ2) is 4.59. The van der Waals surface area contributed by atoms with Crippen LogP contribution >= 0.6 is 0 Å². The molecular weight excluding hydrogens is 186 g/mol. The van der Waals surface area contributed by atoms with Crippen molar-refractivity contribution in [2.45, 2.75) is 12.5 Å². The van der Waals surface area contributed by atoms with E-state index in [-0.39, 0.29) is 12.2 Å². The van der Waals surface area contributed by atoms with Crippen LogP contribution in [0.3, 0.4) is 0 Å². The number of aliphatic carboxylic acids is 1. The Morgan fingerprint density at radius 3 is 2.43 bits per heavy atom. The van der Waals surface area contributed by atoms with E-state index in [0.29, 0.717) is 0 Å². The number of phenols is 1. The van der Waals surface area contributed by atoms with Crippen LogP contribution in [0.25, 0.3) is 0 Å². The largest absolute Gasteiger partial charge is 0.508 e. The molecule has 0 amide bonds. The average molecular weight is 197 g/mol. The van der Waals surface area contributed by atoms with Crippen molar-refractivity contribution >= 4 is 5.97 Å². The van der Waals surface area contributed by atoms with Crippen LogP contribution in [0.5, 0.6) is 5.75 Å². The first-order valence-electron chi connectivity index (χ1n) is 3.99. The van der Waals surface area contributed by atoms with Gasteiger partial charge in [-0.15, -0.1) is 0 Å². The first-order chi connectivity index (χ1) is 6.63. The van der Waals surface area contributed by atoms with Gasteiger partial charge in [0.05, 0.1) is 0 Å². The van der Waals surface area contributed by atoms with E-state index in [0.717, 1.165) is 5.56 Å². The normalized spacial score (nSPS) is 12.4. The van der Waals surface area contributed by atoms with Gasteiger partial charge in [-0.25, -0.2) is 10.7 Å². The van der Waals surface area contributed by atoms with Gasteiger partial charge in [-0.3, -0.25) is 4.84 Å². The maximum absolute atomic E-state index is 10.5. The third-order valence-corrected chi connectivity index (χ3v) is 1.80. The molecule has 0 fully saturated rings. The Kier molecular flexibility index (Phi) is 3.44. The van der Waals surface area contributed by atoms with Gasteiger partial charge in [0.25, 0.3) is 0 Å². The van der Waals surface area contributed by atoms with Crippen LogP contribution < -0.4 is 5.90 Å². The van der Waals surface area contributed by atoms with Crippen LogP contribution in [0, 0.1) is 0 Å². The predicted octanol–water partition coefficient (Wildman–Crippen LogP) is 0.278. The minimum atomic E-state index is -1.11. The van der Waals surface area contributed by atoms with Gasteiger partial charge < -0.3 is 10.2 Å². The fraction of sp³-hybridized carbons (Fsp3) is 0.222. The van der Waals surface area contributed by atoms with Crippen LogP contribution in [0.1, 0.15) is 5.56 Å². The van der Waals surface area contributed by atoms with Crippen LogP contribution in [0.4, 0.5) is 0 Å². The van der Waals surface area contributed by atoms with Gasteiger partial charge in [-0.1, -0.05) is 12.1 Å². The van der Waals surface area contributed by atoms with Crippen LogP contribution in [0.2, 0.25) is 0 Å². The van der Waals surface area contributed by atoms with Crippen molar-refractivity contribution in [1.82, 2.24) is 0 Å². The van der Waals surface area contributed by atoms with E-state index in [1.54, 1.807) is 12.1 Å². The smallest absolute Gasteiger partial charge is 0.335 e. The molecular formula is C9H11NO4. The highest BCUT2D eigenvalue weighted by molar-refractivity contribution is 5.72. The van der Waals surface area contributed by atoms with Gasteiger partial charge in [-0.05, 0) is 17.7 Å². The van der Waals surface area contributed by atoms with E-state index >= 15 is 0 Å². The monoisotopic (exact) mass is 197 g/mol. The van der Waals surface area contributed by atoms with Gasteiger partial charge in [0, 0.05) is 6.42 Å². The van der Waals surface area contributed by atoms with Crippen LogP contribution in [0.15, 0.2) is 24.3 Å². The molecule has 5 heteroatoms. The third-order valence-electron chi connectivity index (χ3n) is 1.80. The summed E-state index contributed by atoms with van der Waals surface area (Å²) in [6.07, 6.45) is -0.883. The van der Waals surface area contributed by atoms with Gasteiger partial charge in [-0.2, -0.15) is 0 Å². The van der Waals surface area contributed by atoms with Gasteiger partial charge in [0.2, 0.25) is 0 Å². The Balaban J connectivity index is 2.67. The van der Waals surface area contributed by atoms with Gasteiger partial charge in [0.1, 0.15) is 5.75 Å². The van der Waals surface area contributed by atoms with Crippen LogP contribution in [-0.2, 0) is 16.1 Å². The molecule has 4 N–H and O–H groups in total. The summed E-state index contributed by atoms with van der Waals surface area (Å²) in [5, 5.41) is 17.6. The van der Waals surface area contributed by atoms with Crippen molar-refractivity contribution in [2.75, 3.05) is 0 Å². The van der Waals surface area contributed by atoms with Crippen molar-refractivity contribution in [3.05, 3.63) is 29.8 Å². The fourth-order valence-electron chi connectivity index (χ4n) is 1.04. The lowest BCUT2D eigenvalue weighted by Crippen LogP contribution is -2.29. The molecule has 0 bridgehead atoms. The quantitative estimate of drug-likeness (QED) is 0.603. The minimum absolute atomic E-state index is 0.134. The number of carboxylic acid groups (broad SMARTS) is 1. The first kappa shape index (κ1) is 10.5. The lowest BCUT2D eigenvalue weighted by Gasteiger charge is -2.08. The van der Waals surface area contributed by atoms with Crippen molar-refractivity contribution < 1.29 is 19.8 Å². The first-order valence-corrected chi connectivity index (χ1v) is 3.99. The van der Waals surface area contributed by atoms with E-state index in [1.807, 2.05) is 0 Å². The molecule has 1 aromatic carbocycles. The second-order valence-electron chi connectivity index (χ2n) is 2.83. The molecule has 1 aromatic rings. The molecule has 1 rings (SSSR count). The summed E-state index contributed by atoms with van der Waals surface area (Å²) in [5.41, 5.74) is 0.737. The maximum atomic E-state index is 10.5. The van der Waals surface area contributed by atoms with Crippen molar-refractivity contribution in [1.29, 1.82) is 0 Å². The van der Waals surface area contributed by atoms with Crippen molar-refractivity contribution in [3.8, 4) is 5.75 Å². The molecule has 0 aliphatic carbocycles. The summed E-state index contributed by atoms with van der Waals surface area (Å²) in [6, 6.07) is 6.18. The molecule has 14 heavy (non-hydrogen) atoms. The minimum Gasteiger partial charge on any atom is -0.508 e. The molecule has 76 valence electrons. The molecule has 1 atom stereocenters. The zero-order chi connectivity index (χ0) is 10.6. The van der Waals surface area contributed by atoms with E-state index in [1.165, 1.54) is 12.1 Å². The van der Waals surface area contributed by atoms with E-state index in [2.05, 4.69) is 4.84 Å². The number of hydrogen-bond acceptors (Lipinski definition) is 4. The summed E-state index contributed by atoms with van der Waals surface area (Å²) in [5.74, 6) is 3.84. The zero-order valence-electron chi connectivity index (χ0n) is 7.38. The molecule has 0 saturated heterocycles. The number of phenolic OH excluding ortho intramolecular Hbond substituents is 1. The Bertz CT molecular complexity index is 309. The lowest BCUT2D eigenvalue weighted by atomic mass is 10.1. The molecule has 0 heterocycles. The zero-order valence-corrected chi connectivity index (χ0v) is 7.38. The van der Waals surface area contributed by atoms with Crippen molar-refractivity contribution in [2.24, 2.45) is 5.90 Å². The second-order valence-corrected chi connectivity index (χ2v) is 2.83. The van der Waals surface area contributed by atoms with Gasteiger partial charge in [0.15, 0.2) is 6.10 Å². The number of rotatable bonds is 4. The SMILES string of the molecule is NOC(Cc1ccc(O)cc1)C(=O)O. The highest BCUT2D eigenvalue weighted by atomic mass is 16.6. The molecule has 0 aliphatic rings. The number of nitrogens with two attached hydrogens (primary N) is 1. The summed E-state index contributed by atoms with van der Waals surface area (Å²) in [7, 11) is 0. The molecule has 5 nitrogen and oxygen atoms in total. The van der Waals surface area contributed by atoms with Gasteiger partial charge >= 0.3 is 5.97 Å². The Labute approximate surface area is 80.7 Å².